The lowest BCUT2D eigenvalue weighted by Crippen LogP contribution is -2.17. The van der Waals surface area contributed by atoms with E-state index in [0.29, 0.717) is 10.9 Å². The second kappa shape index (κ2) is 6.55. The van der Waals surface area contributed by atoms with Crippen LogP contribution in [0.15, 0.2) is 24.4 Å². The van der Waals surface area contributed by atoms with E-state index in [2.05, 4.69) is 10.3 Å². The number of benzene rings is 1. The maximum atomic E-state index is 12.1. The van der Waals surface area contributed by atoms with Crippen molar-refractivity contribution in [1.29, 1.82) is 0 Å². The number of thiazole rings is 1. The number of hydrogen-bond acceptors (Lipinski definition) is 6. The Balaban J connectivity index is 2.16. The number of aromatic hydroxyl groups is 1. The van der Waals surface area contributed by atoms with Crippen LogP contribution in [0.4, 0.5) is 5.13 Å². The van der Waals surface area contributed by atoms with Crippen LogP contribution in [0, 0.1) is 6.92 Å². The maximum absolute atomic E-state index is 12.1. The number of carbonyl (C=O) groups excluding carboxylic acids is 1. The van der Waals surface area contributed by atoms with Crippen molar-refractivity contribution in [3.05, 3.63) is 34.8 Å². The highest BCUT2D eigenvalue weighted by Gasteiger charge is 2.12. The Morgan fingerprint density at radius 2 is 2.24 bits per heavy atom. The van der Waals surface area contributed by atoms with E-state index < -0.39 is 6.10 Å². The van der Waals surface area contributed by atoms with Crippen LogP contribution in [-0.2, 0) is 0 Å². The second-order valence-corrected chi connectivity index (χ2v) is 5.79. The first-order valence-corrected chi connectivity index (χ1v) is 7.15. The van der Waals surface area contributed by atoms with Crippen molar-refractivity contribution in [1.82, 2.24) is 4.98 Å². The van der Waals surface area contributed by atoms with E-state index in [4.69, 9.17) is 9.84 Å². The average molecular weight is 308 g/mol. The molecule has 1 atom stereocenters. The zero-order chi connectivity index (χ0) is 15.4. The molecule has 0 bridgehead atoms. The summed E-state index contributed by atoms with van der Waals surface area (Å²) >= 11 is 1.36. The molecule has 1 heterocycles. The van der Waals surface area contributed by atoms with Gasteiger partial charge in [-0.3, -0.25) is 10.1 Å². The summed E-state index contributed by atoms with van der Waals surface area (Å²) in [7, 11) is 0. The van der Waals surface area contributed by atoms with Gasteiger partial charge in [0.05, 0.1) is 6.61 Å². The number of aliphatic hydroxyl groups excluding tert-OH is 1. The molecule has 112 valence electrons. The SMILES string of the molecule is Cc1cnc(NC(=O)c2cc(O)cc(O[C@@H](C)CO)c2)s1. The van der Waals surface area contributed by atoms with Crippen LogP contribution in [-0.4, -0.2) is 33.8 Å². The number of hydrogen-bond donors (Lipinski definition) is 3. The minimum atomic E-state index is -0.427. The summed E-state index contributed by atoms with van der Waals surface area (Å²) in [6, 6.07) is 4.23. The largest absolute Gasteiger partial charge is 0.508 e. The van der Waals surface area contributed by atoms with Crippen molar-refractivity contribution in [2.45, 2.75) is 20.0 Å². The molecule has 0 spiro atoms. The molecule has 0 aliphatic carbocycles. The number of rotatable bonds is 5. The fraction of sp³-hybridized carbons (Fsp3) is 0.286. The third-order valence-electron chi connectivity index (χ3n) is 2.59. The molecule has 0 saturated carbocycles. The number of phenols is 1. The lowest BCUT2D eigenvalue weighted by Gasteiger charge is -2.13. The third kappa shape index (κ3) is 4.17. The first kappa shape index (κ1) is 15.3. The first-order valence-electron chi connectivity index (χ1n) is 6.33. The fourth-order valence-electron chi connectivity index (χ4n) is 1.63. The highest BCUT2D eigenvalue weighted by atomic mass is 32.1. The van der Waals surface area contributed by atoms with Gasteiger partial charge in [0.1, 0.15) is 17.6 Å². The predicted molar refractivity (Wildman–Crippen MR) is 80.1 cm³/mol. The summed E-state index contributed by atoms with van der Waals surface area (Å²) in [5.74, 6) is -0.156. The number of carbonyl (C=O) groups is 1. The quantitative estimate of drug-likeness (QED) is 0.787. The molecular weight excluding hydrogens is 292 g/mol. The van der Waals surface area contributed by atoms with Gasteiger partial charge in [-0.25, -0.2) is 4.98 Å². The van der Waals surface area contributed by atoms with E-state index in [1.54, 1.807) is 13.1 Å². The van der Waals surface area contributed by atoms with Crippen LogP contribution < -0.4 is 10.1 Å². The van der Waals surface area contributed by atoms with Gasteiger partial charge in [0, 0.05) is 22.7 Å². The number of nitrogens with zero attached hydrogens (tertiary/aromatic N) is 1. The molecule has 1 aromatic heterocycles. The standard InChI is InChI=1S/C14H16N2O4S/c1-8(7-17)20-12-4-10(3-11(18)5-12)13(19)16-14-15-6-9(2)21-14/h3-6,8,17-18H,7H2,1-2H3,(H,15,16,19)/t8-/m0/s1. The Morgan fingerprint density at radius 3 is 2.86 bits per heavy atom. The van der Waals surface area contributed by atoms with Crippen LogP contribution in [0.1, 0.15) is 22.2 Å². The minimum absolute atomic E-state index is 0.0851. The van der Waals surface area contributed by atoms with Gasteiger partial charge in [-0.15, -0.1) is 11.3 Å². The van der Waals surface area contributed by atoms with E-state index in [1.807, 2.05) is 6.92 Å². The zero-order valence-electron chi connectivity index (χ0n) is 11.7. The summed E-state index contributed by atoms with van der Waals surface area (Å²) in [6.45, 7) is 3.42. The Labute approximate surface area is 126 Å². The van der Waals surface area contributed by atoms with Crippen molar-refractivity contribution in [3.8, 4) is 11.5 Å². The average Bonchev–Trinajstić information content (AvgIpc) is 2.83. The van der Waals surface area contributed by atoms with Gasteiger partial charge in [-0.05, 0) is 26.0 Å². The molecule has 0 saturated heterocycles. The number of anilines is 1. The number of aryl methyl sites for hydroxylation is 1. The van der Waals surface area contributed by atoms with Gasteiger partial charge in [-0.1, -0.05) is 0 Å². The van der Waals surface area contributed by atoms with Crippen LogP contribution >= 0.6 is 11.3 Å². The lowest BCUT2D eigenvalue weighted by molar-refractivity contribution is 0.102. The molecule has 0 radical (unpaired) electrons. The topological polar surface area (TPSA) is 91.7 Å². The van der Waals surface area contributed by atoms with Crippen molar-refractivity contribution in [2.75, 3.05) is 11.9 Å². The van der Waals surface area contributed by atoms with Gasteiger partial charge in [0.25, 0.3) is 5.91 Å². The summed E-state index contributed by atoms with van der Waals surface area (Å²) in [4.78, 5) is 17.2. The van der Waals surface area contributed by atoms with E-state index >= 15 is 0 Å². The lowest BCUT2D eigenvalue weighted by atomic mass is 10.2. The van der Waals surface area contributed by atoms with Crippen LogP contribution in [0.5, 0.6) is 11.5 Å². The molecule has 0 aliphatic heterocycles. The first-order chi connectivity index (χ1) is 9.97. The molecule has 2 rings (SSSR count). The Bertz CT molecular complexity index is 642. The number of phenolic OH excluding ortho intramolecular Hbond substituents is 1. The van der Waals surface area contributed by atoms with Gasteiger partial charge < -0.3 is 14.9 Å². The summed E-state index contributed by atoms with van der Waals surface area (Å²) in [6.07, 6.45) is 1.24. The third-order valence-corrected chi connectivity index (χ3v) is 3.42. The number of ether oxygens (including phenoxy) is 1. The molecule has 21 heavy (non-hydrogen) atoms. The summed E-state index contributed by atoms with van der Waals surface area (Å²) in [5.41, 5.74) is 0.253. The molecule has 0 unspecified atom stereocenters. The van der Waals surface area contributed by atoms with Crippen molar-refractivity contribution >= 4 is 22.4 Å². The van der Waals surface area contributed by atoms with Crippen molar-refractivity contribution in [2.24, 2.45) is 0 Å². The van der Waals surface area contributed by atoms with Crippen LogP contribution in [0.2, 0.25) is 0 Å². The molecule has 6 nitrogen and oxygen atoms in total. The highest BCUT2D eigenvalue weighted by molar-refractivity contribution is 7.15. The predicted octanol–water partition coefficient (Wildman–Crippen LogP) is 2.17. The smallest absolute Gasteiger partial charge is 0.257 e. The van der Waals surface area contributed by atoms with E-state index in [1.165, 1.54) is 29.5 Å². The summed E-state index contributed by atoms with van der Waals surface area (Å²) < 4.78 is 5.39. The molecular formula is C14H16N2O4S. The Hall–Kier alpha value is -2.12. The number of amides is 1. The fourth-order valence-corrected chi connectivity index (χ4v) is 2.29. The van der Waals surface area contributed by atoms with Gasteiger partial charge >= 0.3 is 0 Å². The van der Waals surface area contributed by atoms with E-state index in [-0.39, 0.29) is 23.8 Å². The van der Waals surface area contributed by atoms with E-state index in [9.17, 15) is 9.90 Å². The Kier molecular flexibility index (Phi) is 4.77. The van der Waals surface area contributed by atoms with Gasteiger partial charge in [-0.2, -0.15) is 0 Å². The zero-order valence-corrected chi connectivity index (χ0v) is 12.5. The second-order valence-electron chi connectivity index (χ2n) is 4.56. The van der Waals surface area contributed by atoms with Crippen molar-refractivity contribution < 1.29 is 19.7 Å². The summed E-state index contributed by atoms with van der Waals surface area (Å²) in [5, 5.41) is 21.8. The monoisotopic (exact) mass is 308 g/mol. The molecule has 3 N–H and O–H groups in total. The minimum Gasteiger partial charge on any atom is -0.508 e. The number of nitrogens with one attached hydrogen (secondary N) is 1. The van der Waals surface area contributed by atoms with Crippen LogP contribution in [0.25, 0.3) is 0 Å². The molecule has 7 heteroatoms. The normalized spacial score (nSPS) is 12.0. The van der Waals surface area contributed by atoms with Gasteiger partial charge in [0.2, 0.25) is 0 Å². The van der Waals surface area contributed by atoms with Gasteiger partial charge in [0.15, 0.2) is 5.13 Å². The van der Waals surface area contributed by atoms with Crippen molar-refractivity contribution in [3.63, 3.8) is 0 Å². The highest BCUT2D eigenvalue weighted by Crippen LogP contribution is 2.24. The molecule has 0 fully saturated rings. The molecule has 2 aromatic rings. The Morgan fingerprint density at radius 1 is 1.48 bits per heavy atom. The molecule has 1 amide bonds. The maximum Gasteiger partial charge on any atom is 0.257 e. The molecule has 1 aromatic carbocycles. The number of aliphatic hydroxyl groups is 1. The molecule has 0 aliphatic rings. The van der Waals surface area contributed by atoms with E-state index in [0.717, 1.165) is 4.88 Å². The number of aromatic nitrogens is 1. The van der Waals surface area contributed by atoms with Crippen LogP contribution in [0.3, 0.4) is 0 Å².